The number of aromatic amines is 1. The lowest BCUT2D eigenvalue weighted by Crippen LogP contribution is -2.39. The van der Waals surface area contributed by atoms with Gasteiger partial charge in [-0.3, -0.25) is 9.59 Å². The zero-order valence-corrected chi connectivity index (χ0v) is 15.4. The summed E-state index contributed by atoms with van der Waals surface area (Å²) in [5.41, 5.74) is 4.40. The topological polar surface area (TPSA) is 62.0 Å². The summed E-state index contributed by atoms with van der Waals surface area (Å²) in [5, 5.41) is 3.16. The number of hydrogen-bond acceptors (Lipinski definition) is 2. The van der Waals surface area contributed by atoms with Crippen molar-refractivity contribution < 1.29 is 9.59 Å². The molecular formula is C22H26N2O2. The monoisotopic (exact) mass is 350 g/mol. The van der Waals surface area contributed by atoms with Crippen LogP contribution in [0, 0.1) is 6.92 Å². The van der Waals surface area contributed by atoms with E-state index in [0.717, 1.165) is 42.5 Å². The molecule has 1 amide bonds. The molecule has 1 aromatic carbocycles. The van der Waals surface area contributed by atoms with E-state index in [4.69, 9.17) is 0 Å². The van der Waals surface area contributed by atoms with Gasteiger partial charge in [0.2, 0.25) is 0 Å². The third-order valence-electron chi connectivity index (χ3n) is 6.20. The molecule has 2 aliphatic rings. The molecule has 2 aromatic rings. The molecule has 4 rings (SSSR count). The highest BCUT2D eigenvalue weighted by Crippen LogP contribution is 2.40. The summed E-state index contributed by atoms with van der Waals surface area (Å²) < 4.78 is 0. The van der Waals surface area contributed by atoms with Gasteiger partial charge in [-0.2, -0.15) is 0 Å². The Morgan fingerprint density at radius 1 is 1.12 bits per heavy atom. The van der Waals surface area contributed by atoms with Crippen LogP contribution in [0.3, 0.4) is 0 Å². The lowest BCUT2D eigenvalue weighted by atomic mass is 9.79. The minimum atomic E-state index is -0.0908. The van der Waals surface area contributed by atoms with Crippen molar-refractivity contribution in [1.82, 2.24) is 10.3 Å². The molecule has 2 N–H and O–H groups in total. The first kappa shape index (κ1) is 17.1. The van der Waals surface area contributed by atoms with Crippen LogP contribution in [0.1, 0.15) is 76.2 Å². The van der Waals surface area contributed by atoms with E-state index in [1.807, 2.05) is 13.0 Å². The van der Waals surface area contributed by atoms with Crippen molar-refractivity contribution in [2.75, 3.05) is 6.54 Å². The molecule has 1 aromatic heterocycles. The Bertz CT molecular complexity index is 829. The largest absolute Gasteiger partial charge is 0.354 e. The molecular weight excluding hydrogens is 324 g/mol. The SMILES string of the molecule is Cc1c(C(=O)NCC2(c3ccccc3)CCCC2)[nH]c2c1C(=O)CCC2. The number of rotatable bonds is 4. The summed E-state index contributed by atoms with van der Waals surface area (Å²) >= 11 is 0. The third kappa shape index (κ3) is 2.87. The van der Waals surface area contributed by atoms with Crippen molar-refractivity contribution in [2.45, 2.75) is 57.3 Å². The molecule has 0 atom stereocenters. The lowest BCUT2D eigenvalue weighted by molar-refractivity contribution is 0.0937. The van der Waals surface area contributed by atoms with Crippen LogP contribution in [-0.4, -0.2) is 23.2 Å². The van der Waals surface area contributed by atoms with E-state index in [-0.39, 0.29) is 17.1 Å². The van der Waals surface area contributed by atoms with Crippen LogP contribution in [-0.2, 0) is 11.8 Å². The summed E-state index contributed by atoms with van der Waals surface area (Å²) in [6.07, 6.45) is 6.92. The number of carbonyl (C=O) groups is 2. The average Bonchev–Trinajstić information content (AvgIpc) is 3.27. The smallest absolute Gasteiger partial charge is 0.268 e. The zero-order valence-electron chi connectivity index (χ0n) is 15.4. The number of amides is 1. The fraction of sp³-hybridized carbons (Fsp3) is 0.455. The quantitative estimate of drug-likeness (QED) is 0.872. The Morgan fingerprint density at radius 2 is 1.85 bits per heavy atom. The van der Waals surface area contributed by atoms with Crippen molar-refractivity contribution in [1.29, 1.82) is 0 Å². The summed E-state index contributed by atoms with van der Waals surface area (Å²) in [6.45, 7) is 2.53. The number of fused-ring (bicyclic) bond motifs is 1. The van der Waals surface area contributed by atoms with E-state index in [1.165, 1.54) is 18.4 Å². The van der Waals surface area contributed by atoms with E-state index in [1.54, 1.807) is 0 Å². The number of aromatic nitrogens is 1. The Balaban J connectivity index is 1.54. The van der Waals surface area contributed by atoms with Crippen LogP contribution in [0.25, 0.3) is 0 Å². The highest BCUT2D eigenvalue weighted by atomic mass is 16.2. The number of hydrogen-bond donors (Lipinski definition) is 2. The highest BCUT2D eigenvalue weighted by molar-refractivity contribution is 6.04. The van der Waals surface area contributed by atoms with Crippen molar-refractivity contribution in [3.8, 4) is 0 Å². The first-order valence-corrected chi connectivity index (χ1v) is 9.69. The van der Waals surface area contributed by atoms with Crippen LogP contribution >= 0.6 is 0 Å². The van der Waals surface area contributed by atoms with Gasteiger partial charge in [0.15, 0.2) is 5.78 Å². The van der Waals surface area contributed by atoms with Gasteiger partial charge in [0.05, 0.1) is 0 Å². The van der Waals surface area contributed by atoms with E-state index in [2.05, 4.69) is 34.6 Å². The number of benzene rings is 1. The minimum Gasteiger partial charge on any atom is -0.354 e. The molecule has 26 heavy (non-hydrogen) atoms. The predicted octanol–water partition coefficient (Wildman–Crippen LogP) is 4.08. The number of aryl methyl sites for hydroxylation is 1. The summed E-state index contributed by atoms with van der Waals surface area (Å²) in [4.78, 5) is 28.3. The number of ketones is 1. The first-order chi connectivity index (χ1) is 12.6. The molecule has 0 aliphatic heterocycles. The molecule has 1 heterocycles. The molecule has 0 unspecified atom stereocenters. The average molecular weight is 350 g/mol. The van der Waals surface area contributed by atoms with Gasteiger partial charge in [-0.15, -0.1) is 0 Å². The van der Waals surface area contributed by atoms with Gasteiger partial charge in [0, 0.05) is 29.6 Å². The number of Topliss-reactive ketones (excluding diaryl/α,β-unsaturated/α-hetero) is 1. The number of carbonyl (C=O) groups excluding carboxylic acids is 2. The van der Waals surface area contributed by atoms with Gasteiger partial charge in [-0.1, -0.05) is 43.2 Å². The van der Waals surface area contributed by atoms with E-state index in [0.29, 0.717) is 18.7 Å². The van der Waals surface area contributed by atoms with Crippen LogP contribution in [0.15, 0.2) is 30.3 Å². The maximum absolute atomic E-state index is 12.9. The second-order valence-electron chi connectivity index (χ2n) is 7.79. The zero-order chi connectivity index (χ0) is 18.1. The summed E-state index contributed by atoms with van der Waals surface area (Å²) in [7, 11) is 0. The normalized spacial score (nSPS) is 18.6. The van der Waals surface area contributed by atoms with Crippen molar-refractivity contribution in [3.05, 3.63) is 58.4 Å². The molecule has 4 heteroatoms. The molecule has 136 valence electrons. The molecule has 0 spiro atoms. The Morgan fingerprint density at radius 3 is 2.54 bits per heavy atom. The van der Waals surface area contributed by atoms with Crippen molar-refractivity contribution in [3.63, 3.8) is 0 Å². The molecule has 4 nitrogen and oxygen atoms in total. The van der Waals surface area contributed by atoms with Crippen molar-refractivity contribution >= 4 is 11.7 Å². The second kappa shape index (κ2) is 6.75. The molecule has 1 saturated carbocycles. The molecule has 2 aliphatic carbocycles. The standard InChI is InChI=1S/C22H26N2O2/c1-15-19-17(10-7-11-18(19)25)24-20(15)21(26)23-14-22(12-5-6-13-22)16-8-3-2-4-9-16/h2-4,8-9,24H,5-7,10-14H2,1H3,(H,23,26). The molecule has 0 saturated heterocycles. The maximum Gasteiger partial charge on any atom is 0.268 e. The molecule has 1 fully saturated rings. The van der Waals surface area contributed by atoms with E-state index < -0.39 is 0 Å². The molecule has 0 radical (unpaired) electrons. The maximum atomic E-state index is 12.9. The second-order valence-corrected chi connectivity index (χ2v) is 7.79. The summed E-state index contributed by atoms with van der Waals surface area (Å²) in [5.74, 6) is 0.0718. The number of H-pyrrole nitrogens is 1. The Kier molecular flexibility index (Phi) is 4.43. The fourth-order valence-corrected chi connectivity index (χ4v) is 4.75. The van der Waals surface area contributed by atoms with Crippen LogP contribution in [0.2, 0.25) is 0 Å². The van der Waals surface area contributed by atoms with Crippen LogP contribution in [0.5, 0.6) is 0 Å². The number of nitrogens with one attached hydrogen (secondary N) is 2. The van der Waals surface area contributed by atoms with Gasteiger partial charge < -0.3 is 10.3 Å². The summed E-state index contributed by atoms with van der Waals surface area (Å²) in [6, 6.07) is 10.5. The van der Waals surface area contributed by atoms with Gasteiger partial charge in [0.1, 0.15) is 5.69 Å². The van der Waals surface area contributed by atoms with Gasteiger partial charge in [-0.25, -0.2) is 0 Å². The lowest BCUT2D eigenvalue weighted by Gasteiger charge is -2.30. The van der Waals surface area contributed by atoms with E-state index in [9.17, 15) is 9.59 Å². The minimum absolute atomic E-state index is 0.0346. The van der Waals surface area contributed by atoms with E-state index >= 15 is 0 Å². The Hall–Kier alpha value is -2.36. The third-order valence-corrected chi connectivity index (χ3v) is 6.20. The highest BCUT2D eigenvalue weighted by Gasteiger charge is 2.36. The fourth-order valence-electron chi connectivity index (χ4n) is 4.75. The van der Waals surface area contributed by atoms with Gasteiger partial charge in [-0.05, 0) is 43.7 Å². The van der Waals surface area contributed by atoms with Crippen LogP contribution in [0.4, 0.5) is 0 Å². The van der Waals surface area contributed by atoms with Crippen molar-refractivity contribution in [2.24, 2.45) is 0 Å². The van der Waals surface area contributed by atoms with Crippen LogP contribution < -0.4 is 5.32 Å². The predicted molar refractivity (Wildman–Crippen MR) is 102 cm³/mol. The van der Waals surface area contributed by atoms with Gasteiger partial charge in [0.25, 0.3) is 5.91 Å². The first-order valence-electron chi connectivity index (χ1n) is 9.69. The molecule has 0 bridgehead atoms. The van der Waals surface area contributed by atoms with Gasteiger partial charge >= 0.3 is 0 Å². The Labute approximate surface area is 154 Å².